The van der Waals surface area contributed by atoms with Crippen LogP contribution >= 0.6 is 0 Å². The molecule has 0 bridgehead atoms. The molecule has 0 radical (unpaired) electrons. The van der Waals surface area contributed by atoms with Gasteiger partial charge in [-0.3, -0.25) is 0 Å². The maximum Gasteiger partial charge on any atom is 0.363 e. The second-order valence-electron chi connectivity index (χ2n) is 2.90. The fourth-order valence-corrected chi connectivity index (χ4v) is 1.17. The molecular formula is C12H11NO2. The monoisotopic (exact) mass is 207 g/mol. The van der Waals surface area contributed by atoms with E-state index in [1.165, 1.54) is 0 Å². The average molecular weight is 207 g/mol. The highest BCUT2D eigenvalue weighted by atomic mass is 16.6. The number of hydrogen-bond donors (Lipinski definition) is 0. The summed E-state index contributed by atoms with van der Waals surface area (Å²) in [5.41, 5.74) is -1.20. The van der Waals surface area contributed by atoms with E-state index in [9.17, 15) is 4.79 Å². The molecule has 0 atom stereocenters. The third kappa shape index (κ3) is 1.81. The first kappa shape index (κ1) is 4.75. The fourth-order valence-electron chi connectivity index (χ4n) is 1.17. The van der Waals surface area contributed by atoms with E-state index in [-0.39, 0.29) is 5.90 Å². The lowest BCUT2D eigenvalue weighted by molar-refractivity contribution is -0.130. The minimum atomic E-state index is -2.96. The number of allylic oxidation sites excluding steroid dienone is 1. The van der Waals surface area contributed by atoms with Crippen LogP contribution in [0.2, 0.25) is 0 Å². The van der Waals surface area contributed by atoms with Crippen molar-refractivity contribution < 1.29 is 17.8 Å². The molecule has 0 amide bonds. The quantitative estimate of drug-likeness (QED) is 0.523. The Morgan fingerprint density at radius 3 is 2.73 bits per heavy atom. The molecule has 76 valence electrons. The number of carbonyl (C=O) groups is 1. The maximum atomic E-state index is 11.8. The molecule has 1 aliphatic rings. The van der Waals surface area contributed by atoms with Crippen molar-refractivity contribution in [2.24, 2.45) is 4.99 Å². The van der Waals surface area contributed by atoms with Gasteiger partial charge in [-0.2, -0.15) is 0 Å². The molecule has 0 N–H and O–H groups in total. The third-order valence-corrected chi connectivity index (χ3v) is 1.85. The number of rotatable bonds is 1. The predicted molar refractivity (Wildman–Crippen MR) is 57.4 cm³/mol. The highest BCUT2D eigenvalue weighted by Crippen LogP contribution is 2.18. The van der Waals surface area contributed by atoms with Gasteiger partial charge in [0, 0.05) is 13.8 Å². The molecule has 1 aromatic rings. The van der Waals surface area contributed by atoms with Gasteiger partial charge in [0.05, 0.1) is 0 Å². The van der Waals surface area contributed by atoms with E-state index in [4.69, 9.17) is 13.0 Å². The lowest BCUT2D eigenvalue weighted by Crippen LogP contribution is -2.05. The Bertz CT molecular complexity index is 611. The molecule has 3 heteroatoms. The van der Waals surface area contributed by atoms with Crippen LogP contribution in [-0.4, -0.2) is 11.9 Å². The van der Waals surface area contributed by atoms with Crippen molar-refractivity contribution in [2.75, 3.05) is 0 Å². The first-order valence-electron chi connectivity index (χ1n) is 7.22. The molecule has 0 unspecified atom stereocenters. The Hall–Kier alpha value is -1.90. The van der Waals surface area contributed by atoms with E-state index in [0.29, 0.717) is 5.56 Å². The van der Waals surface area contributed by atoms with Crippen LogP contribution < -0.4 is 0 Å². The summed E-state index contributed by atoms with van der Waals surface area (Å²) in [5.74, 6) is -1.18. The second-order valence-corrected chi connectivity index (χ2v) is 2.90. The molecule has 0 saturated carbocycles. The van der Waals surface area contributed by atoms with Gasteiger partial charge in [-0.1, -0.05) is 18.2 Å². The first-order chi connectivity index (χ1) is 9.60. The Kier molecular flexibility index (Phi) is 1.17. The van der Waals surface area contributed by atoms with Gasteiger partial charge < -0.3 is 4.74 Å². The number of esters is 1. The van der Waals surface area contributed by atoms with Crippen LogP contribution in [0.25, 0.3) is 0 Å². The number of cyclic esters (lactones) is 1. The molecule has 1 aliphatic heterocycles. The van der Waals surface area contributed by atoms with Crippen molar-refractivity contribution >= 4 is 11.9 Å². The zero-order valence-electron chi connectivity index (χ0n) is 13.7. The van der Waals surface area contributed by atoms with Crippen LogP contribution in [0.3, 0.4) is 0 Å². The summed E-state index contributed by atoms with van der Waals surface area (Å²) < 4.78 is 48.7. The van der Waals surface area contributed by atoms with Crippen LogP contribution in [-0.2, 0) is 9.53 Å². The SMILES string of the molecule is [2H]C([2H])([2H])C(=C1N=C(c2ccccc2)OC1=O)C([2H])([2H])[2H]. The number of hydrogen-bond acceptors (Lipinski definition) is 3. The first-order valence-corrected chi connectivity index (χ1v) is 4.22. The van der Waals surface area contributed by atoms with Gasteiger partial charge in [-0.15, -0.1) is 0 Å². The summed E-state index contributed by atoms with van der Waals surface area (Å²) in [6.07, 6.45) is 0. The number of benzene rings is 1. The molecule has 0 saturated heterocycles. The van der Waals surface area contributed by atoms with E-state index in [2.05, 4.69) is 4.99 Å². The van der Waals surface area contributed by atoms with Gasteiger partial charge in [-0.25, -0.2) is 9.79 Å². The maximum absolute atomic E-state index is 11.8. The van der Waals surface area contributed by atoms with Gasteiger partial charge in [0.15, 0.2) is 5.70 Å². The van der Waals surface area contributed by atoms with Crippen LogP contribution in [0.5, 0.6) is 0 Å². The van der Waals surface area contributed by atoms with Crippen molar-refractivity contribution in [2.45, 2.75) is 13.7 Å². The summed E-state index contributed by atoms with van der Waals surface area (Å²) in [6, 6.07) is 8.33. The molecular weight excluding hydrogens is 190 g/mol. The Morgan fingerprint density at radius 1 is 1.33 bits per heavy atom. The molecule has 0 aliphatic carbocycles. The Balaban J connectivity index is 2.59. The normalized spacial score (nSPS) is 22.5. The zero-order valence-corrected chi connectivity index (χ0v) is 7.65. The molecule has 2 rings (SSSR count). The number of carbonyl (C=O) groups excluding carboxylic acids is 1. The summed E-state index contributed by atoms with van der Waals surface area (Å²) in [4.78, 5) is 15.6. The molecule has 0 aromatic heterocycles. The van der Waals surface area contributed by atoms with Crippen molar-refractivity contribution in [1.29, 1.82) is 0 Å². The second kappa shape index (κ2) is 3.69. The van der Waals surface area contributed by atoms with Gasteiger partial charge in [0.25, 0.3) is 0 Å². The number of nitrogens with zero attached hydrogens (tertiary/aromatic N) is 1. The van der Waals surface area contributed by atoms with Crippen molar-refractivity contribution in [1.82, 2.24) is 0 Å². The third-order valence-electron chi connectivity index (χ3n) is 1.85. The van der Waals surface area contributed by atoms with Gasteiger partial charge in [0.1, 0.15) is 0 Å². The minimum absolute atomic E-state index is 0.110. The largest absolute Gasteiger partial charge is 0.402 e. The summed E-state index contributed by atoms with van der Waals surface area (Å²) >= 11 is 0. The highest BCUT2D eigenvalue weighted by molar-refractivity contribution is 6.11. The minimum Gasteiger partial charge on any atom is -0.402 e. The number of ether oxygens (including phenoxy) is 1. The van der Waals surface area contributed by atoms with Crippen LogP contribution in [0.15, 0.2) is 46.6 Å². The lowest BCUT2D eigenvalue weighted by Gasteiger charge is -1.97. The van der Waals surface area contributed by atoms with Gasteiger partial charge >= 0.3 is 5.97 Å². The molecule has 0 spiro atoms. The molecule has 3 nitrogen and oxygen atoms in total. The van der Waals surface area contributed by atoms with Crippen LogP contribution in [0.4, 0.5) is 0 Å². The highest BCUT2D eigenvalue weighted by Gasteiger charge is 2.24. The van der Waals surface area contributed by atoms with E-state index in [1.807, 2.05) is 0 Å². The standard InChI is InChI=1S/C12H11NO2/c1-8(2)10-12(14)15-11(13-10)9-6-4-3-5-7-9/h3-7H,1-2H3/i1D3,2D3. The van der Waals surface area contributed by atoms with E-state index >= 15 is 0 Å². The van der Waals surface area contributed by atoms with E-state index in [0.717, 1.165) is 0 Å². The predicted octanol–water partition coefficient (Wildman–Crippen LogP) is 2.28. The number of aliphatic imine (C=N–C) groups is 1. The molecule has 0 fully saturated rings. The Labute approximate surface area is 96.5 Å². The fraction of sp³-hybridized carbons (Fsp3) is 0.167. The molecule has 15 heavy (non-hydrogen) atoms. The summed E-state index contributed by atoms with van der Waals surface area (Å²) in [7, 11) is 0. The van der Waals surface area contributed by atoms with Crippen molar-refractivity contribution in [3.8, 4) is 0 Å². The Morgan fingerprint density at radius 2 is 2.07 bits per heavy atom. The van der Waals surface area contributed by atoms with Crippen LogP contribution in [0, 0.1) is 0 Å². The molecule has 1 heterocycles. The van der Waals surface area contributed by atoms with E-state index < -0.39 is 30.9 Å². The average Bonchev–Trinajstić information content (AvgIpc) is 2.69. The van der Waals surface area contributed by atoms with Crippen molar-refractivity contribution in [3.63, 3.8) is 0 Å². The summed E-state index contributed by atoms with van der Waals surface area (Å²) in [5, 5.41) is 0. The van der Waals surface area contributed by atoms with Gasteiger partial charge in [0.2, 0.25) is 5.90 Å². The van der Waals surface area contributed by atoms with Crippen molar-refractivity contribution in [3.05, 3.63) is 47.2 Å². The molecule has 1 aromatic carbocycles. The smallest absolute Gasteiger partial charge is 0.363 e. The zero-order chi connectivity index (χ0) is 15.8. The topological polar surface area (TPSA) is 38.7 Å². The summed E-state index contributed by atoms with van der Waals surface area (Å²) in [6.45, 7) is -5.93. The van der Waals surface area contributed by atoms with Gasteiger partial charge in [-0.05, 0) is 31.4 Å². The van der Waals surface area contributed by atoms with E-state index in [1.54, 1.807) is 30.3 Å². The van der Waals surface area contributed by atoms with Crippen LogP contribution in [0.1, 0.15) is 27.5 Å². The lowest BCUT2D eigenvalue weighted by atomic mass is 10.2.